The molecule has 1 atom stereocenters. The number of nitrogens with zero attached hydrogens (tertiary/aromatic N) is 2. The lowest BCUT2D eigenvalue weighted by atomic mass is 9.71. The number of hydrogen-bond acceptors (Lipinski definition) is 2. The van der Waals surface area contributed by atoms with Crippen LogP contribution >= 0.6 is 0 Å². The van der Waals surface area contributed by atoms with Gasteiger partial charge in [-0.05, 0) is 57.8 Å². The Morgan fingerprint density at radius 2 is 1.55 bits per heavy atom. The van der Waals surface area contributed by atoms with Gasteiger partial charge in [-0.15, -0.1) is 0 Å². The maximum atomic E-state index is 2.79. The van der Waals surface area contributed by atoms with E-state index in [2.05, 4.69) is 51.3 Å². The molecule has 1 aliphatic carbocycles. The largest absolute Gasteiger partial charge is 0.298 e. The molecule has 1 saturated heterocycles. The molecule has 0 aromatic heterocycles. The summed E-state index contributed by atoms with van der Waals surface area (Å²) in [7, 11) is 0. The van der Waals surface area contributed by atoms with Crippen LogP contribution in [0.3, 0.4) is 0 Å². The zero-order valence-electron chi connectivity index (χ0n) is 14.7. The number of rotatable bonds is 2. The van der Waals surface area contributed by atoms with E-state index in [0.717, 1.165) is 18.0 Å². The Kier molecular flexibility index (Phi) is 5.18. The van der Waals surface area contributed by atoms with Crippen molar-refractivity contribution in [2.24, 2.45) is 11.3 Å². The quantitative estimate of drug-likeness (QED) is 0.754. The first kappa shape index (κ1) is 16.3. The minimum atomic E-state index is 0.509. The highest BCUT2D eigenvalue weighted by Crippen LogP contribution is 2.39. The summed E-state index contributed by atoms with van der Waals surface area (Å²) in [6.45, 7) is 18.2. The summed E-state index contributed by atoms with van der Waals surface area (Å²) < 4.78 is 0. The van der Waals surface area contributed by atoms with Gasteiger partial charge in [0.05, 0.1) is 0 Å². The average Bonchev–Trinajstić information content (AvgIpc) is 2.37. The molecule has 2 aliphatic rings. The van der Waals surface area contributed by atoms with Crippen LogP contribution in [0, 0.1) is 11.3 Å². The van der Waals surface area contributed by atoms with Crippen molar-refractivity contribution >= 4 is 0 Å². The first-order chi connectivity index (χ1) is 9.29. The first-order valence-electron chi connectivity index (χ1n) is 8.79. The van der Waals surface area contributed by atoms with Crippen molar-refractivity contribution in [2.45, 2.75) is 85.4 Å². The fraction of sp³-hybridized carbons (Fsp3) is 1.00. The van der Waals surface area contributed by atoms with E-state index in [4.69, 9.17) is 0 Å². The van der Waals surface area contributed by atoms with Crippen LogP contribution in [0.15, 0.2) is 0 Å². The summed E-state index contributed by atoms with van der Waals surface area (Å²) in [5.74, 6) is 0.938. The van der Waals surface area contributed by atoms with Gasteiger partial charge in [0.25, 0.3) is 0 Å². The summed E-state index contributed by atoms with van der Waals surface area (Å²) >= 11 is 0. The van der Waals surface area contributed by atoms with Crippen molar-refractivity contribution in [3.8, 4) is 0 Å². The van der Waals surface area contributed by atoms with Gasteiger partial charge in [-0.25, -0.2) is 0 Å². The van der Waals surface area contributed by atoms with Crippen LogP contribution in [-0.2, 0) is 0 Å². The Morgan fingerprint density at radius 1 is 0.950 bits per heavy atom. The van der Waals surface area contributed by atoms with E-state index < -0.39 is 0 Å². The molecule has 0 amide bonds. The molecular weight excluding hydrogens is 244 g/mol. The third kappa shape index (κ3) is 3.76. The van der Waals surface area contributed by atoms with Crippen LogP contribution in [0.4, 0.5) is 0 Å². The zero-order chi connectivity index (χ0) is 14.9. The van der Waals surface area contributed by atoms with E-state index in [9.17, 15) is 0 Å². The van der Waals surface area contributed by atoms with Gasteiger partial charge in [-0.3, -0.25) is 9.80 Å². The van der Waals surface area contributed by atoms with Gasteiger partial charge >= 0.3 is 0 Å². The summed E-state index contributed by atoms with van der Waals surface area (Å²) in [5, 5.41) is 0. The molecule has 1 aliphatic heterocycles. The van der Waals surface area contributed by atoms with E-state index in [1.54, 1.807) is 0 Å². The number of hydrogen-bond donors (Lipinski definition) is 0. The Bertz CT molecular complexity index is 297. The molecule has 2 nitrogen and oxygen atoms in total. The van der Waals surface area contributed by atoms with Crippen LogP contribution in [-0.4, -0.2) is 47.6 Å². The van der Waals surface area contributed by atoms with Crippen molar-refractivity contribution in [1.82, 2.24) is 9.80 Å². The lowest BCUT2D eigenvalue weighted by molar-refractivity contribution is 0.0152. The monoisotopic (exact) mass is 280 g/mol. The molecule has 2 fully saturated rings. The van der Waals surface area contributed by atoms with Gasteiger partial charge in [0.2, 0.25) is 0 Å². The maximum Gasteiger partial charge on any atom is 0.0198 e. The summed E-state index contributed by atoms with van der Waals surface area (Å²) in [4.78, 5) is 5.46. The van der Waals surface area contributed by atoms with E-state index in [1.165, 1.54) is 45.3 Å². The lowest BCUT2D eigenvalue weighted by Gasteiger charge is -2.47. The van der Waals surface area contributed by atoms with Crippen LogP contribution in [0.2, 0.25) is 0 Å². The van der Waals surface area contributed by atoms with Gasteiger partial charge in [-0.2, -0.15) is 0 Å². The molecule has 0 N–H and O–H groups in total. The highest BCUT2D eigenvalue weighted by atomic mass is 15.3. The van der Waals surface area contributed by atoms with Crippen molar-refractivity contribution in [2.75, 3.05) is 19.6 Å². The lowest BCUT2D eigenvalue weighted by Crippen LogP contribution is -2.57. The third-order valence-corrected chi connectivity index (χ3v) is 5.81. The van der Waals surface area contributed by atoms with Crippen molar-refractivity contribution < 1.29 is 0 Å². The second-order valence-corrected chi connectivity index (χ2v) is 8.55. The summed E-state index contributed by atoms with van der Waals surface area (Å²) in [6.07, 6.45) is 5.73. The zero-order valence-corrected chi connectivity index (χ0v) is 14.7. The minimum Gasteiger partial charge on any atom is -0.298 e. The molecule has 118 valence electrons. The maximum absolute atomic E-state index is 2.79. The highest BCUT2D eigenvalue weighted by Gasteiger charge is 2.34. The van der Waals surface area contributed by atoms with Crippen LogP contribution in [0.25, 0.3) is 0 Å². The minimum absolute atomic E-state index is 0.509. The molecule has 1 saturated carbocycles. The van der Waals surface area contributed by atoms with Gasteiger partial charge in [0, 0.05) is 37.8 Å². The molecule has 2 heteroatoms. The molecule has 1 heterocycles. The molecule has 0 spiro atoms. The van der Waals surface area contributed by atoms with E-state index in [-0.39, 0.29) is 0 Å². The molecule has 1 unspecified atom stereocenters. The Morgan fingerprint density at radius 3 is 2.00 bits per heavy atom. The van der Waals surface area contributed by atoms with Crippen molar-refractivity contribution in [3.63, 3.8) is 0 Å². The molecular formula is C18H36N2. The first-order valence-corrected chi connectivity index (χ1v) is 8.79. The van der Waals surface area contributed by atoms with E-state index in [1.807, 2.05) is 0 Å². The Hall–Kier alpha value is -0.0800. The van der Waals surface area contributed by atoms with Crippen molar-refractivity contribution in [3.05, 3.63) is 0 Å². The van der Waals surface area contributed by atoms with Gasteiger partial charge in [-0.1, -0.05) is 20.8 Å². The molecule has 0 bridgehead atoms. The molecule has 20 heavy (non-hydrogen) atoms. The predicted octanol–water partition coefficient (Wildman–Crippen LogP) is 4.01. The van der Waals surface area contributed by atoms with Crippen LogP contribution in [0.1, 0.15) is 67.2 Å². The molecule has 0 radical (unpaired) electrons. The number of piperazine rings is 1. The topological polar surface area (TPSA) is 6.48 Å². The molecule has 0 aromatic rings. The fourth-order valence-electron chi connectivity index (χ4n) is 4.41. The smallest absolute Gasteiger partial charge is 0.0198 e. The molecule has 2 rings (SSSR count). The van der Waals surface area contributed by atoms with E-state index in [0.29, 0.717) is 11.5 Å². The SMILES string of the molecule is CC(C)N1CCN(C2CCC(C(C)(C)C)CC2)CC1C. The van der Waals surface area contributed by atoms with Crippen molar-refractivity contribution in [1.29, 1.82) is 0 Å². The average molecular weight is 280 g/mol. The van der Waals surface area contributed by atoms with E-state index >= 15 is 0 Å². The summed E-state index contributed by atoms with van der Waals surface area (Å²) in [5.41, 5.74) is 0.509. The predicted molar refractivity (Wildman–Crippen MR) is 88.1 cm³/mol. The molecule has 0 aromatic carbocycles. The highest BCUT2D eigenvalue weighted by molar-refractivity contribution is 4.89. The van der Waals surface area contributed by atoms with Gasteiger partial charge < -0.3 is 0 Å². The second-order valence-electron chi connectivity index (χ2n) is 8.55. The standard InChI is InChI=1S/C18H36N2/c1-14(2)20-12-11-19(13-15(20)3)17-9-7-16(8-10-17)18(4,5)6/h14-17H,7-13H2,1-6H3. The van der Waals surface area contributed by atoms with Crippen LogP contribution < -0.4 is 0 Å². The normalized spacial score (nSPS) is 34.6. The van der Waals surface area contributed by atoms with Gasteiger partial charge in [0.1, 0.15) is 0 Å². The Labute approximate surface area is 126 Å². The van der Waals surface area contributed by atoms with Crippen LogP contribution in [0.5, 0.6) is 0 Å². The second kappa shape index (κ2) is 6.36. The summed E-state index contributed by atoms with van der Waals surface area (Å²) in [6, 6.07) is 2.29. The fourth-order valence-corrected chi connectivity index (χ4v) is 4.41. The Balaban J connectivity index is 1.83. The third-order valence-electron chi connectivity index (χ3n) is 5.81. The van der Waals surface area contributed by atoms with Gasteiger partial charge in [0.15, 0.2) is 0 Å².